The van der Waals surface area contributed by atoms with Crippen molar-refractivity contribution in [2.75, 3.05) is 13.1 Å². The summed E-state index contributed by atoms with van der Waals surface area (Å²) in [5.41, 5.74) is 0. The van der Waals surface area contributed by atoms with Crippen molar-refractivity contribution in [3.8, 4) is 0 Å². The van der Waals surface area contributed by atoms with Gasteiger partial charge in [0.05, 0.1) is 0 Å². The van der Waals surface area contributed by atoms with Crippen molar-refractivity contribution in [3.05, 3.63) is 0 Å². The molecule has 0 aromatic carbocycles. The van der Waals surface area contributed by atoms with Gasteiger partial charge in [0.1, 0.15) is 0 Å². The molecule has 0 aromatic heterocycles. The Kier molecular flexibility index (Phi) is 3.57. The zero-order chi connectivity index (χ0) is 8.97. The number of carbonyl (C=O) groups excluding carboxylic acids is 1. The van der Waals surface area contributed by atoms with Crippen molar-refractivity contribution >= 4 is 5.91 Å². The summed E-state index contributed by atoms with van der Waals surface area (Å²) in [5.74, 6) is 1.07. The Bertz CT molecular complexity index is 156. The minimum Gasteiger partial charge on any atom is -0.342 e. The molecule has 0 aromatic rings. The highest BCUT2D eigenvalue weighted by Crippen LogP contribution is 2.16. The number of likely N-dealkylation sites (tertiary alicyclic amines) is 1. The van der Waals surface area contributed by atoms with E-state index in [1.165, 1.54) is 6.42 Å². The second-order valence-electron chi connectivity index (χ2n) is 3.84. The molecule has 0 aliphatic carbocycles. The number of piperidine rings is 1. The van der Waals surface area contributed by atoms with Crippen LogP contribution in [0.15, 0.2) is 0 Å². The number of carbonyl (C=O) groups is 1. The fraction of sp³-hybridized carbons (Fsp3) is 0.900. The standard InChI is InChI=1S/C10H19NO/c1-3-4-7-11-8-9(2)5-6-10(11)12/h9H,3-8H2,1-2H3. The van der Waals surface area contributed by atoms with E-state index >= 15 is 0 Å². The van der Waals surface area contributed by atoms with E-state index in [0.29, 0.717) is 11.8 Å². The Labute approximate surface area is 74.9 Å². The van der Waals surface area contributed by atoms with E-state index < -0.39 is 0 Å². The molecular weight excluding hydrogens is 150 g/mol. The number of hydrogen-bond acceptors (Lipinski definition) is 1. The Hall–Kier alpha value is -0.530. The monoisotopic (exact) mass is 169 g/mol. The second-order valence-corrected chi connectivity index (χ2v) is 3.84. The van der Waals surface area contributed by atoms with Gasteiger partial charge >= 0.3 is 0 Å². The van der Waals surface area contributed by atoms with Gasteiger partial charge in [-0.1, -0.05) is 20.3 Å². The van der Waals surface area contributed by atoms with Crippen molar-refractivity contribution in [3.63, 3.8) is 0 Å². The summed E-state index contributed by atoms with van der Waals surface area (Å²) in [6, 6.07) is 0. The Morgan fingerprint density at radius 1 is 1.58 bits per heavy atom. The molecule has 1 saturated heterocycles. The van der Waals surface area contributed by atoms with Crippen molar-refractivity contribution in [2.24, 2.45) is 5.92 Å². The Morgan fingerprint density at radius 3 is 3.00 bits per heavy atom. The smallest absolute Gasteiger partial charge is 0.222 e. The average molecular weight is 169 g/mol. The molecule has 70 valence electrons. The summed E-state index contributed by atoms with van der Waals surface area (Å²) in [7, 11) is 0. The van der Waals surface area contributed by atoms with Gasteiger partial charge in [-0.15, -0.1) is 0 Å². The number of nitrogens with zero attached hydrogens (tertiary/aromatic N) is 1. The van der Waals surface area contributed by atoms with Gasteiger partial charge in [0.15, 0.2) is 0 Å². The summed E-state index contributed by atoms with van der Waals surface area (Å²) in [6.07, 6.45) is 4.18. The lowest BCUT2D eigenvalue weighted by Crippen LogP contribution is -2.39. The van der Waals surface area contributed by atoms with Crippen molar-refractivity contribution in [2.45, 2.75) is 39.5 Å². The summed E-state index contributed by atoms with van der Waals surface area (Å²) < 4.78 is 0. The minimum absolute atomic E-state index is 0.363. The predicted molar refractivity (Wildman–Crippen MR) is 49.9 cm³/mol. The fourth-order valence-electron chi connectivity index (χ4n) is 1.66. The maximum absolute atomic E-state index is 11.4. The SMILES string of the molecule is CCCCN1CC(C)CCC1=O. The molecule has 1 rings (SSSR count). The van der Waals surface area contributed by atoms with Gasteiger partial charge < -0.3 is 4.90 Å². The third-order valence-electron chi connectivity index (χ3n) is 2.52. The molecule has 1 atom stereocenters. The van der Waals surface area contributed by atoms with E-state index in [2.05, 4.69) is 13.8 Å². The van der Waals surface area contributed by atoms with Crippen LogP contribution in [0.4, 0.5) is 0 Å². The van der Waals surface area contributed by atoms with Crippen LogP contribution in [0.2, 0.25) is 0 Å². The lowest BCUT2D eigenvalue weighted by molar-refractivity contribution is -0.134. The van der Waals surface area contributed by atoms with Crippen LogP contribution in [0.1, 0.15) is 39.5 Å². The number of unbranched alkanes of at least 4 members (excludes halogenated alkanes) is 1. The third-order valence-corrected chi connectivity index (χ3v) is 2.52. The van der Waals surface area contributed by atoms with Crippen LogP contribution in [0.25, 0.3) is 0 Å². The number of amides is 1. The molecule has 12 heavy (non-hydrogen) atoms. The maximum atomic E-state index is 11.4. The van der Waals surface area contributed by atoms with Gasteiger partial charge in [-0.05, 0) is 18.8 Å². The number of rotatable bonds is 3. The van der Waals surface area contributed by atoms with E-state index in [0.717, 1.165) is 32.4 Å². The lowest BCUT2D eigenvalue weighted by Gasteiger charge is -2.30. The first kappa shape index (κ1) is 9.56. The molecule has 1 aliphatic heterocycles. The van der Waals surface area contributed by atoms with Crippen LogP contribution in [0.5, 0.6) is 0 Å². The van der Waals surface area contributed by atoms with Gasteiger partial charge in [-0.3, -0.25) is 4.79 Å². The molecule has 1 unspecified atom stereocenters. The van der Waals surface area contributed by atoms with Crippen LogP contribution in [0.3, 0.4) is 0 Å². The van der Waals surface area contributed by atoms with Gasteiger partial charge in [0, 0.05) is 19.5 Å². The highest BCUT2D eigenvalue weighted by molar-refractivity contribution is 5.76. The molecule has 0 spiro atoms. The first-order valence-electron chi connectivity index (χ1n) is 5.01. The van der Waals surface area contributed by atoms with E-state index in [9.17, 15) is 4.79 Å². The topological polar surface area (TPSA) is 20.3 Å². The van der Waals surface area contributed by atoms with Crippen molar-refractivity contribution < 1.29 is 4.79 Å². The molecule has 0 saturated carbocycles. The molecule has 1 fully saturated rings. The van der Waals surface area contributed by atoms with Crippen LogP contribution in [-0.2, 0) is 4.79 Å². The van der Waals surface area contributed by atoms with Crippen molar-refractivity contribution in [1.29, 1.82) is 0 Å². The molecule has 0 bridgehead atoms. The van der Waals surface area contributed by atoms with Crippen LogP contribution in [0, 0.1) is 5.92 Å². The minimum atomic E-state index is 0.363. The zero-order valence-corrected chi connectivity index (χ0v) is 8.18. The van der Waals surface area contributed by atoms with Gasteiger partial charge in [0.2, 0.25) is 5.91 Å². The highest BCUT2D eigenvalue weighted by Gasteiger charge is 2.21. The summed E-state index contributed by atoms with van der Waals surface area (Å²) in [6.45, 7) is 6.35. The molecule has 0 radical (unpaired) electrons. The van der Waals surface area contributed by atoms with Gasteiger partial charge in [-0.25, -0.2) is 0 Å². The van der Waals surface area contributed by atoms with Crippen molar-refractivity contribution in [1.82, 2.24) is 4.90 Å². The quantitative estimate of drug-likeness (QED) is 0.633. The van der Waals surface area contributed by atoms with E-state index in [1.807, 2.05) is 4.90 Å². The Balaban J connectivity index is 2.33. The first-order chi connectivity index (χ1) is 5.74. The van der Waals surface area contributed by atoms with Gasteiger partial charge in [-0.2, -0.15) is 0 Å². The lowest BCUT2D eigenvalue weighted by atomic mass is 9.99. The van der Waals surface area contributed by atoms with E-state index in [1.54, 1.807) is 0 Å². The predicted octanol–water partition coefficient (Wildman–Crippen LogP) is 2.04. The molecule has 2 nitrogen and oxygen atoms in total. The van der Waals surface area contributed by atoms with Crippen LogP contribution >= 0.6 is 0 Å². The highest BCUT2D eigenvalue weighted by atomic mass is 16.2. The summed E-state index contributed by atoms with van der Waals surface area (Å²) in [4.78, 5) is 13.4. The molecule has 1 heterocycles. The number of hydrogen-bond donors (Lipinski definition) is 0. The Morgan fingerprint density at radius 2 is 2.33 bits per heavy atom. The summed E-state index contributed by atoms with van der Waals surface area (Å²) >= 11 is 0. The van der Waals surface area contributed by atoms with E-state index in [-0.39, 0.29) is 0 Å². The molecule has 2 heteroatoms. The molecule has 1 amide bonds. The fourth-order valence-corrected chi connectivity index (χ4v) is 1.66. The van der Waals surface area contributed by atoms with Crippen LogP contribution < -0.4 is 0 Å². The molecular formula is C10H19NO. The van der Waals surface area contributed by atoms with Crippen LogP contribution in [-0.4, -0.2) is 23.9 Å². The maximum Gasteiger partial charge on any atom is 0.222 e. The average Bonchev–Trinajstić information content (AvgIpc) is 2.07. The second kappa shape index (κ2) is 4.48. The first-order valence-corrected chi connectivity index (χ1v) is 5.01. The summed E-state index contributed by atoms with van der Waals surface area (Å²) in [5, 5.41) is 0. The molecule has 0 N–H and O–H groups in total. The van der Waals surface area contributed by atoms with Gasteiger partial charge in [0.25, 0.3) is 0 Å². The third kappa shape index (κ3) is 2.50. The molecule has 1 aliphatic rings. The zero-order valence-electron chi connectivity index (χ0n) is 8.18. The normalized spacial score (nSPS) is 24.7. The largest absolute Gasteiger partial charge is 0.342 e. The van der Waals surface area contributed by atoms with E-state index in [4.69, 9.17) is 0 Å².